The minimum absolute atomic E-state index is 0.220. The number of rotatable bonds is 7. The highest BCUT2D eigenvalue weighted by Crippen LogP contribution is 2.13. The average molecular weight is 251 g/mol. The Bertz CT molecular complexity index is 414. The molecule has 0 heterocycles. The first-order chi connectivity index (χ1) is 8.58. The summed E-state index contributed by atoms with van der Waals surface area (Å²) in [6.45, 7) is 2.37. The Morgan fingerprint density at radius 1 is 1.33 bits per heavy atom. The number of carboxylic acids is 1. The monoisotopic (exact) mass is 251 g/mol. The molecule has 0 aliphatic heterocycles. The van der Waals surface area contributed by atoms with Gasteiger partial charge in [0.25, 0.3) is 0 Å². The molecule has 0 saturated carbocycles. The van der Waals surface area contributed by atoms with Crippen molar-refractivity contribution < 1.29 is 19.4 Å². The molecule has 0 aliphatic rings. The SMILES string of the molecule is CCNC(CC(=O)O)C(=O)c1ccc(OC)cc1. The molecule has 0 saturated heterocycles. The van der Waals surface area contributed by atoms with Gasteiger partial charge < -0.3 is 15.2 Å². The molecule has 1 aromatic rings. The summed E-state index contributed by atoms with van der Waals surface area (Å²) >= 11 is 0. The van der Waals surface area contributed by atoms with E-state index >= 15 is 0 Å². The first kappa shape index (κ1) is 14.2. The van der Waals surface area contributed by atoms with E-state index in [0.717, 1.165) is 0 Å². The van der Waals surface area contributed by atoms with Crippen molar-refractivity contribution in [1.29, 1.82) is 0 Å². The van der Waals surface area contributed by atoms with E-state index in [9.17, 15) is 9.59 Å². The van der Waals surface area contributed by atoms with E-state index in [2.05, 4.69) is 5.32 Å². The van der Waals surface area contributed by atoms with Crippen molar-refractivity contribution in [2.75, 3.05) is 13.7 Å². The van der Waals surface area contributed by atoms with Crippen molar-refractivity contribution in [3.63, 3.8) is 0 Å². The quantitative estimate of drug-likeness (QED) is 0.715. The van der Waals surface area contributed by atoms with E-state index in [0.29, 0.717) is 17.9 Å². The third-order valence-corrected chi connectivity index (χ3v) is 2.52. The van der Waals surface area contributed by atoms with Gasteiger partial charge in [-0.05, 0) is 30.8 Å². The molecule has 1 aromatic carbocycles. The first-order valence-electron chi connectivity index (χ1n) is 5.72. The molecular formula is C13H17NO4. The number of likely N-dealkylation sites (N-methyl/N-ethyl adjacent to an activating group) is 1. The first-order valence-corrected chi connectivity index (χ1v) is 5.72. The number of methoxy groups -OCH3 is 1. The molecule has 0 spiro atoms. The Balaban J connectivity index is 2.83. The van der Waals surface area contributed by atoms with Crippen molar-refractivity contribution in [2.45, 2.75) is 19.4 Å². The predicted molar refractivity (Wildman–Crippen MR) is 67.0 cm³/mol. The van der Waals surface area contributed by atoms with Crippen LogP contribution in [-0.2, 0) is 4.79 Å². The molecule has 0 bridgehead atoms. The minimum atomic E-state index is -0.997. The number of Topliss-reactive ketones (excluding diaryl/α,β-unsaturated/α-hetero) is 1. The zero-order valence-electron chi connectivity index (χ0n) is 10.5. The topological polar surface area (TPSA) is 75.6 Å². The second-order valence-corrected chi connectivity index (χ2v) is 3.80. The van der Waals surface area contributed by atoms with Crippen LogP contribution in [0.2, 0.25) is 0 Å². The number of ether oxygens (including phenoxy) is 1. The lowest BCUT2D eigenvalue weighted by atomic mass is 10.0. The summed E-state index contributed by atoms with van der Waals surface area (Å²) in [4.78, 5) is 22.8. The van der Waals surface area contributed by atoms with E-state index in [1.807, 2.05) is 6.92 Å². The van der Waals surface area contributed by atoms with Gasteiger partial charge in [0, 0.05) is 5.56 Å². The largest absolute Gasteiger partial charge is 0.497 e. The maximum Gasteiger partial charge on any atom is 0.305 e. The molecule has 0 aliphatic carbocycles. The van der Waals surface area contributed by atoms with Crippen LogP contribution >= 0.6 is 0 Å². The van der Waals surface area contributed by atoms with Gasteiger partial charge in [-0.25, -0.2) is 0 Å². The minimum Gasteiger partial charge on any atom is -0.497 e. The fourth-order valence-electron chi connectivity index (χ4n) is 1.64. The molecule has 0 fully saturated rings. The number of carbonyl (C=O) groups is 2. The van der Waals surface area contributed by atoms with Crippen LogP contribution in [0.5, 0.6) is 5.75 Å². The fraction of sp³-hybridized carbons (Fsp3) is 0.385. The Morgan fingerprint density at radius 3 is 2.39 bits per heavy atom. The molecule has 1 rings (SSSR count). The predicted octanol–water partition coefficient (Wildman–Crippen LogP) is 1.33. The van der Waals surface area contributed by atoms with Crippen molar-refractivity contribution in [1.82, 2.24) is 5.32 Å². The molecule has 1 unspecified atom stereocenters. The van der Waals surface area contributed by atoms with Crippen LogP contribution in [0, 0.1) is 0 Å². The maximum atomic E-state index is 12.1. The van der Waals surface area contributed by atoms with Gasteiger partial charge in [-0.1, -0.05) is 6.92 Å². The molecule has 18 heavy (non-hydrogen) atoms. The van der Waals surface area contributed by atoms with Gasteiger partial charge in [-0.2, -0.15) is 0 Å². The molecule has 1 atom stereocenters. The van der Waals surface area contributed by atoms with E-state index in [1.54, 1.807) is 31.4 Å². The number of hydrogen-bond acceptors (Lipinski definition) is 4. The van der Waals surface area contributed by atoms with E-state index in [1.165, 1.54) is 0 Å². The van der Waals surface area contributed by atoms with Gasteiger partial charge in [0.2, 0.25) is 0 Å². The number of ketones is 1. The molecule has 0 amide bonds. The van der Waals surface area contributed by atoms with Gasteiger partial charge in [0.05, 0.1) is 19.6 Å². The van der Waals surface area contributed by atoms with Crippen molar-refractivity contribution in [2.24, 2.45) is 0 Å². The summed E-state index contributed by atoms with van der Waals surface area (Å²) in [5.74, 6) is -0.561. The second kappa shape index (κ2) is 6.76. The third kappa shape index (κ3) is 3.85. The van der Waals surface area contributed by atoms with Crippen LogP contribution < -0.4 is 10.1 Å². The van der Waals surface area contributed by atoms with Gasteiger partial charge in [-0.3, -0.25) is 9.59 Å². The van der Waals surface area contributed by atoms with E-state index < -0.39 is 12.0 Å². The highest BCUT2D eigenvalue weighted by atomic mass is 16.5. The zero-order chi connectivity index (χ0) is 13.5. The highest BCUT2D eigenvalue weighted by Gasteiger charge is 2.21. The zero-order valence-corrected chi connectivity index (χ0v) is 10.5. The standard InChI is InChI=1S/C13H17NO4/c1-3-14-11(8-12(15)16)13(17)9-4-6-10(18-2)7-5-9/h4-7,11,14H,3,8H2,1-2H3,(H,15,16). The van der Waals surface area contributed by atoms with Crippen LogP contribution in [-0.4, -0.2) is 36.6 Å². The maximum absolute atomic E-state index is 12.1. The van der Waals surface area contributed by atoms with Crippen LogP contribution in [0.1, 0.15) is 23.7 Å². The number of carboxylic acid groups (broad SMARTS) is 1. The second-order valence-electron chi connectivity index (χ2n) is 3.80. The molecule has 5 heteroatoms. The molecule has 0 radical (unpaired) electrons. The van der Waals surface area contributed by atoms with Crippen LogP contribution in [0.25, 0.3) is 0 Å². The van der Waals surface area contributed by atoms with Crippen LogP contribution in [0.3, 0.4) is 0 Å². The fourth-order valence-corrected chi connectivity index (χ4v) is 1.64. The number of carbonyl (C=O) groups excluding carboxylic acids is 1. The summed E-state index contributed by atoms with van der Waals surface area (Å²) in [5.41, 5.74) is 0.475. The number of benzene rings is 1. The normalized spacial score (nSPS) is 11.9. The van der Waals surface area contributed by atoms with Crippen molar-refractivity contribution in [3.05, 3.63) is 29.8 Å². The van der Waals surface area contributed by atoms with Crippen LogP contribution in [0.15, 0.2) is 24.3 Å². The van der Waals surface area contributed by atoms with Gasteiger partial charge in [0.1, 0.15) is 5.75 Å². The highest BCUT2D eigenvalue weighted by molar-refractivity contribution is 6.01. The lowest BCUT2D eigenvalue weighted by Gasteiger charge is -2.14. The van der Waals surface area contributed by atoms with E-state index in [4.69, 9.17) is 9.84 Å². The summed E-state index contributed by atoms with van der Waals surface area (Å²) in [7, 11) is 1.54. The Kier molecular flexibility index (Phi) is 5.32. The Morgan fingerprint density at radius 2 is 1.94 bits per heavy atom. The molecular weight excluding hydrogens is 234 g/mol. The summed E-state index contributed by atoms with van der Waals surface area (Å²) in [5, 5.41) is 11.7. The summed E-state index contributed by atoms with van der Waals surface area (Å²) in [6, 6.07) is 5.93. The lowest BCUT2D eigenvalue weighted by molar-refractivity contribution is -0.137. The Labute approximate surface area is 106 Å². The van der Waals surface area contributed by atoms with Crippen molar-refractivity contribution in [3.8, 4) is 5.75 Å². The smallest absolute Gasteiger partial charge is 0.305 e. The summed E-state index contributed by atoms with van der Waals surface area (Å²) in [6.07, 6.45) is -0.224. The number of aliphatic carboxylic acids is 1. The summed E-state index contributed by atoms with van der Waals surface area (Å²) < 4.78 is 5.00. The number of nitrogens with one attached hydrogen (secondary N) is 1. The average Bonchev–Trinajstić information content (AvgIpc) is 2.37. The van der Waals surface area contributed by atoms with Crippen LogP contribution in [0.4, 0.5) is 0 Å². The molecule has 98 valence electrons. The third-order valence-electron chi connectivity index (χ3n) is 2.52. The van der Waals surface area contributed by atoms with Crippen molar-refractivity contribution >= 4 is 11.8 Å². The molecule has 2 N–H and O–H groups in total. The van der Waals surface area contributed by atoms with E-state index in [-0.39, 0.29) is 12.2 Å². The lowest BCUT2D eigenvalue weighted by Crippen LogP contribution is -2.38. The van der Waals surface area contributed by atoms with Gasteiger partial charge in [0.15, 0.2) is 5.78 Å². The Hall–Kier alpha value is -1.88. The number of hydrogen-bond donors (Lipinski definition) is 2. The molecule has 0 aromatic heterocycles. The van der Waals surface area contributed by atoms with Gasteiger partial charge >= 0.3 is 5.97 Å². The van der Waals surface area contributed by atoms with Gasteiger partial charge in [-0.15, -0.1) is 0 Å². The molecule has 5 nitrogen and oxygen atoms in total.